The van der Waals surface area contributed by atoms with Crippen LogP contribution in [0.25, 0.3) is 0 Å². The Morgan fingerprint density at radius 1 is 1.32 bits per heavy atom. The summed E-state index contributed by atoms with van der Waals surface area (Å²) in [5, 5.41) is 2.83. The summed E-state index contributed by atoms with van der Waals surface area (Å²) in [5.74, 6) is -0.595. The molecule has 1 atom stereocenters. The van der Waals surface area contributed by atoms with Gasteiger partial charge in [-0.25, -0.2) is 4.39 Å². The molecule has 1 aliphatic rings. The highest BCUT2D eigenvalue weighted by Crippen LogP contribution is 2.19. The van der Waals surface area contributed by atoms with Crippen LogP contribution in [0.5, 0.6) is 0 Å². The van der Waals surface area contributed by atoms with Crippen molar-refractivity contribution in [1.29, 1.82) is 0 Å². The van der Waals surface area contributed by atoms with Crippen LogP contribution in [0.1, 0.15) is 38.2 Å². The topological polar surface area (TPSA) is 49.4 Å². The van der Waals surface area contributed by atoms with Crippen LogP contribution in [-0.4, -0.2) is 29.8 Å². The molecule has 1 aromatic carbocycles. The lowest BCUT2D eigenvalue weighted by molar-refractivity contribution is -0.129. The normalized spacial score (nSPS) is 17.8. The summed E-state index contributed by atoms with van der Waals surface area (Å²) in [7, 11) is 0. The lowest BCUT2D eigenvalue weighted by Gasteiger charge is -2.16. The van der Waals surface area contributed by atoms with Crippen LogP contribution in [0.3, 0.4) is 0 Å². The van der Waals surface area contributed by atoms with Crippen molar-refractivity contribution in [2.45, 2.75) is 39.2 Å². The van der Waals surface area contributed by atoms with Crippen LogP contribution in [0, 0.1) is 11.7 Å². The Balaban J connectivity index is 1.78. The Morgan fingerprint density at radius 2 is 2.05 bits per heavy atom. The highest BCUT2D eigenvalue weighted by Gasteiger charge is 2.33. The highest BCUT2D eigenvalue weighted by molar-refractivity contribution is 5.89. The number of likely N-dealkylation sites (tertiary alicyclic amines) is 1. The summed E-state index contributed by atoms with van der Waals surface area (Å²) in [6.45, 7) is 3.74. The van der Waals surface area contributed by atoms with E-state index in [-0.39, 0.29) is 23.5 Å². The maximum absolute atomic E-state index is 12.8. The number of nitrogens with zero attached hydrogens (tertiary/aromatic N) is 1. The quantitative estimate of drug-likeness (QED) is 0.787. The van der Waals surface area contributed by atoms with Gasteiger partial charge in [0.15, 0.2) is 0 Å². The number of unbranched alkanes of at least 4 members (excludes halogenated alkanes) is 2. The minimum absolute atomic E-state index is 0.0676. The molecule has 0 spiro atoms. The average molecular weight is 306 g/mol. The van der Waals surface area contributed by atoms with Gasteiger partial charge in [-0.15, -0.1) is 0 Å². The molecule has 0 saturated carbocycles. The lowest BCUT2D eigenvalue weighted by atomic mass is 10.1. The first-order valence-electron chi connectivity index (χ1n) is 7.90. The molecule has 2 amide bonds. The number of hydrogen-bond acceptors (Lipinski definition) is 2. The van der Waals surface area contributed by atoms with Crippen molar-refractivity contribution < 1.29 is 14.0 Å². The van der Waals surface area contributed by atoms with E-state index < -0.39 is 0 Å². The molecule has 1 N–H and O–H groups in total. The van der Waals surface area contributed by atoms with E-state index in [1.807, 2.05) is 0 Å². The van der Waals surface area contributed by atoms with Crippen LogP contribution >= 0.6 is 0 Å². The van der Waals surface area contributed by atoms with Crippen molar-refractivity contribution in [1.82, 2.24) is 10.2 Å². The molecular weight excluding hydrogens is 283 g/mol. The lowest BCUT2D eigenvalue weighted by Crippen LogP contribution is -2.32. The van der Waals surface area contributed by atoms with Crippen LogP contribution in [-0.2, 0) is 16.1 Å². The SMILES string of the molecule is CCCCCN1C[C@H](C(=O)NCc2ccc(F)cc2)CC1=O. The van der Waals surface area contributed by atoms with Crippen molar-refractivity contribution in [3.8, 4) is 0 Å². The van der Waals surface area contributed by atoms with Crippen molar-refractivity contribution in [3.05, 3.63) is 35.6 Å². The maximum atomic E-state index is 12.8. The molecular formula is C17H23FN2O2. The van der Waals surface area contributed by atoms with Crippen molar-refractivity contribution in [2.24, 2.45) is 5.92 Å². The molecule has 22 heavy (non-hydrogen) atoms. The zero-order chi connectivity index (χ0) is 15.9. The van der Waals surface area contributed by atoms with Gasteiger partial charge in [-0.05, 0) is 24.1 Å². The third kappa shape index (κ3) is 4.55. The zero-order valence-corrected chi connectivity index (χ0v) is 13.0. The highest BCUT2D eigenvalue weighted by atomic mass is 19.1. The van der Waals surface area contributed by atoms with Crippen LogP contribution in [0.4, 0.5) is 4.39 Å². The number of carbonyl (C=O) groups is 2. The van der Waals surface area contributed by atoms with Gasteiger partial charge in [0, 0.05) is 26.1 Å². The van der Waals surface area contributed by atoms with Crippen LogP contribution in [0.2, 0.25) is 0 Å². The van der Waals surface area contributed by atoms with Gasteiger partial charge in [-0.2, -0.15) is 0 Å². The summed E-state index contributed by atoms with van der Waals surface area (Å²) in [4.78, 5) is 25.8. The minimum atomic E-state index is -0.292. The number of halogens is 1. The first kappa shape index (κ1) is 16.5. The first-order valence-corrected chi connectivity index (χ1v) is 7.90. The second-order valence-electron chi connectivity index (χ2n) is 5.79. The van der Waals surface area contributed by atoms with Gasteiger partial charge in [-0.3, -0.25) is 9.59 Å². The van der Waals surface area contributed by atoms with E-state index in [2.05, 4.69) is 12.2 Å². The van der Waals surface area contributed by atoms with E-state index >= 15 is 0 Å². The average Bonchev–Trinajstić information content (AvgIpc) is 2.88. The van der Waals surface area contributed by atoms with E-state index in [1.165, 1.54) is 12.1 Å². The Kier molecular flexibility index (Phi) is 5.92. The third-order valence-electron chi connectivity index (χ3n) is 4.00. The predicted molar refractivity (Wildman–Crippen MR) is 82.5 cm³/mol. The molecule has 1 aromatic rings. The Hall–Kier alpha value is -1.91. The molecule has 1 aliphatic heterocycles. The minimum Gasteiger partial charge on any atom is -0.352 e. The number of carbonyl (C=O) groups excluding carboxylic acids is 2. The van der Waals surface area contributed by atoms with E-state index in [4.69, 9.17) is 0 Å². The van der Waals surface area contributed by atoms with E-state index in [0.29, 0.717) is 19.5 Å². The summed E-state index contributed by atoms with van der Waals surface area (Å²) in [5.41, 5.74) is 0.846. The van der Waals surface area contributed by atoms with Gasteiger partial charge < -0.3 is 10.2 Å². The van der Waals surface area contributed by atoms with Crippen LogP contribution < -0.4 is 5.32 Å². The molecule has 2 rings (SSSR count). The Labute approximate surface area is 130 Å². The fraction of sp³-hybridized carbons (Fsp3) is 0.529. The Morgan fingerprint density at radius 3 is 2.73 bits per heavy atom. The molecule has 0 unspecified atom stereocenters. The molecule has 120 valence electrons. The van der Waals surface area contributed by atoms with Crippen LogP contribution in [0.15, 0.2) is 24.3 Å². The van der Waals surface area contributed by atoms with Crippen molar-refractivity contribution >= 4 is 11.8 Å². The van der Waals surface area contributed by atoms with Gasteiger partial charge in [0.2, 0.25) is 11.8 Å². The third-order valence-corrected chi connectivity index (χ3v) is 4.00. The second kappa shape index (κ2) is 7.92. The smallest absolute Gasteiger partial charge is 0.225 e. The maximum Gasteiger partial charge on any atom is 0.225 e. The van der Waals surface area contributed by atoms with Gasteiger partial charge in [0.25, 0.3) is 0 Å². The summed E-state index contributed by atoms with van der Waals surface area (Å²) >= 11 is 0. The molecule has 0 aliphatic carbocycles. The summed E-state index contributed by atoms with van der Waals surface area (Å²) in [6.07, 6.45) is 3.50. The molecule has 0 bridgehead atoms. The van der Waals surface area contributed by atoms with Gasteiger partial charge in [0.1, 0.15) is 5.82 Å². The van der Waals surface area contributed by atoms with E-state index in [1.54, 1.807) is 17.0 Å². The number of nitrogens with one attached hydrogen (secondary N) is 1. The fourth-order valence-electron chi connectivity index (χ4n) is 2.65. The number of benzene rings is 1. The van der Waals surface area contributed by atoms with Crippen molar-refractivity contribution in [2.75, 3.05) is 13.1 Å². The summed E-state index contributed by atoms with van der Waals surface area (Å²) in [6, 6.07) is 6.03. The molecule has 0 radical (unpaired) electrons. The molecule has 1 heterocycles. The number of amides is 2. The van der Waals surface area contributed by atoms with E-state index in [9.17, 15) is 14.0 Å². The summed E-state index contributed by atoms with van der Waals surface area (Å²) < 4.78 is 12.8. The molecule has 0 aromatic heterocycles. The van der Waals surface area contributed by atoms with Gasteiger partial charge in [0.05, 0.1) is 5.92 Å². The fourth-order valence-corrected chi connectivity index (χ4v) is 2.65. The first-order chi connectivity index (χ1) is 10.6. The molecule has 4 nitrogen and oxygen atoms in total. The number of hydrogen-bond donors (Lipinski definition) is 1. The second-order valence-corrected chi connectivity index (χ2v) is 5.79. The van der Waals surface area contributed by atoms with Crippen molar-refractivity contribution in [3.63, 3.8) is 0 Å². The molecule has 5 heteroatoms. The van der Waals surface area contributed by atoms with Gasteiger partial charge >= 0.3 is 0 Å². The predicted octanol–water partition coefficient (Wildman–Crippen LogP) is 2.48. The molecule has 1 fully saturated rings. The molecule has 1 saturated heterocycles. The van der Waals surface area contributed by atoms with E-state index in [0.717, 1.165) is 31.4 Å². The number of rotatable bonds is 7. The Bertz CT molecular complexity index is 516. The standard InChI is InChI=1S/C17H23FN2O2/c1-2-3-4-9-20-12-14(10-16(20)21)17(22)19-11-13-5-7-15(18)8-6-13/h5-8,14H,2-4,9-12H2,1H3,(H,19,22)/t14-/m1/s1. The largest absolute Gasteiger partial charge is 0.352 e. The zero-order valence-electron chi connectivity index (χ0n) is 13.0. The monoisotopic (exact) mass is 306 g/mol. The van der Waals surface area contributed by atoms with Gasteiger partial charge in [-0.1, -0.05) is 31.9 Å².